The molecule has 12 heteroatoms. The molecule has 0 spiro atoms. The molecule has 6 aromatic rings. The van der Waals surface area contributed by atoms with Gasteiger partial charge in [-0.3, -0.25) is 14.4 Å². The van der Waals surface area contributed by atoms with E-state index < -0.39 is 17.3 Å². The SMILES string of the molecule is Cc1cc(OCCCc2c3n(c4c(-c5c(C)nn(C)c5C)c(Cl)ccc24)C(C)CN(c2cc4cc(C(=O)O)c(F)cc4n2C)C3=O)cc(C)c1Cl. The Bertz CT molecular complexity index is 2420. The van der Waals surface area contributed by atoms with Crippen LogP contribution in [0.5, 0.6) is 5.75 Å². The number of rotatable bonds is 8. The molecule has 1 aliphatic rings. The molecule has 0 saturated carbocycles. The van der Waals surface area contributed by atoms with Gasteiger partial charge in [-0.15, -0.1) is 0 Å². The molecule has 7 rings (SSSR count). The molecule has 0 fully saturated rings. The minimum absolute atomic E-state index is 0.191. The van der Waals surface area contributed by atoms with Crippen LogP contribution in [0.3, 0.4) is 0 Å². The smallest absolute Gasteiger partial charge is 0.338 e. The summed E-state index contributed by atoms with van der Waals surface area (Å²) in [6, 6.07) is 11.8. The average molecular weight is 731 g/mol. The first-order valence-electron chi connectivity index (χ1n) is 16.8. The highest BCUT2D eigenvalue weighted by molar-refractivity contribution is 6.35. The van der Waals surface area contributed by atoms with Gasteiger partial charge in [0.15, 0.2) is 0 Å². The Morgan fingerprint density at radius 3 is 2.39 bits per heavy atom. The molecule has 3 aromatic carbocycles. The molecule has 51 heavy (non-hydrogen) atoms. The van der Waals surface area contributed by atoms with Gasteiger partial charge in [0.1, 0.15) is 23.1 Å². The first kappa shape index (κ1) is 34.6. The van der Waals surface area contributed by atoms with Crippen molar-refractivity contribution in [1.82, 2.24) is 18.9 Å². The summed E-state index contributed by atoms with van der Waals surface area (Å²) in [5, 5.41) is 17.0. The summed E-state index contributed by atoms with van der Waals surface area (Å²) in [4.78, 5) is 28.3. The highest BCUT2D eigenvalue weighted by Gasteiger charge is 2.38. The number of benzene rings is 3. The van der Waals surface area contributed by atoms with Crippen LogP contribution in [0.4, 0.5) is 10.2 Å². The lowest BCUT2D eigenvalue weighted by molar-refractivity contribution is 0.0691. The fourth-order valence-corrected chi connectivity index (χ4v) is 8.05. The van der Waals surface area contributed by atoms with Gasteiger partial charge in [0.2, 0.25) is 0 Å². The lowest BCUT2D eigenvalue weighted by Crippen LogP contribution is -2.43. The third-order valence-electron chi connectivity index (χ3n) is 10.2. The quantitative estimate of drug-likeness (QED) is 0.158. The van der Waals surface area contributed by atoms with E-state index in [0.717, 1.165) is 60.9 Å². The fourth-order valence-electron chi connectivity index (χ4n) is 7.69. The molecular formula is C39H38Cl2FN5O4. The number of aromatic nitrogens is 4. The number of aryl methyl sites for hydroxylation is 6. The molecule has 1 amide bonds. The molecule has 1 atom stereocenters. The Hall–Kier alpha value is -4.80. The molecule has 4 heterocycles. The van der Waals surface area contributed by atoms with E-state index in [0.29, 0.717) is 53.4 Å². The van der Waals surface area contributed by atoms with Gasteiger partial charge in [0.25, 0.3) is 5.91 Å². The second-order valence-corrected chi connectivity index (χ2v) is 14.3. The first-order chi connectivity index (χ1) is 24.2. The number of carboxylic acid groups (broad SMARTS) is 1. The van der Waals surface area contributed by atoms with Crippen LogP contribution in [0.15, 0.2) is 42.5 Å². The van der Waals surface area contributed by atoms with Gasteiger partial charge < -0.3 is 19.0 Å². The van der Waals surface area contributed by atoms with E-state index in [9.17, 15) is 19.1 Å². The van der Waals surface area contributed by atoms with Gasteiger partial charge in [-0.25, -0.2) is 9.18 Å². The van der Waals surface area contributed by atoms with Crippen molar-refractivity contribution >= 4 is 62.7 Å². The normalized spacial score (nSPS) is 14.6. The van der Waals surface area contributed by atoms with Crippen LogP contribution in [0.25, 0.3) is 32.9 Å². The molecule has 1 unspecified atom stereocenters. The van der Waals surface area contributed by atoms with Gasteiger partial charge in [-0.1, -0.05) is 29.3 Å². The molecule has 1 N–H and O–H groups in total. The van der Waals surface area contributed by atoms with Gasteiger partial charge in [0, 0.05) is 59.3 Å². The Kier molecular flexibility index (Phi) is 8.66. The maximum absolute atomic E-state index is 14.9. The highest BCUT2D eigenvalue weighted by Crippen LogP contribution is 2.45. The molecule has 0 bridgehead atoms. The van der Waals surface area contributed by atoms with Crippen LogP contribution >= 0.6 is 23.2 Å². The van der Waals surface area contributed by atoms with Crippen molar-refractivity contribution in [2.75, 3.05) is 18.1 Å². The average Bonchev–Trinajstić information content (AvgIpc) is 3.67. The van der Waals surface area contributed by atoms with Crippen molar-refractivity contribution in [2.45, 2.75) is 53.5 Å². The summed E-state index contributed by atoms with van der Waals surface area (Å²) in [6.45, 7) is 10.7. The summed E-state index contributed by atoms with van der Waals surface area (Å²) in [5.41, 5.74) is 7.83. The van der Waals surface area contributed by atoms with Crippen LogP contribution in [-0.4, -0.2) is 49.0 Å². The first-order valence-corrected chi connectivity index (χ1v) is 17.5. The Labute approximate surface area is 304 Å². The molecule has 0 saturated heterocycles. The summed E-state index contributed by atoms with van der Waals surface area (Å²) >= 11 is 13.4. The van der Waals surface area contributed by atoms with Gasteiger partial charge in [-0.2, -0.15) is 5.10 Å². The molecule has 9 nitrogen and oxygen atoms in total. The highest BCUT2D eigenvalue weighted by atomic mass is 35.5. The van der Waals surface area contributed by atoms with Crippen LogP contribution in [-0.2, 0) is 20.5 Å². The van der Waals surface area contributed by atoms with Gasteiger partial charge in [-0.05, 0) is 101 Å². The number of carbonyl (C=O) groups excluding carboxylic acids is 1. The van der Waals surface area contributed by atoms with Crippen molar-refractivity contribution in [3.05, 3.63) is 97.7 Å². The number of carboxylic acids is 1. The predicted octanol–water partition coefficient (Wildman–Crippen LogP) is 9.14. The second kappa shape index (κ2) is 12.8. The monoisotopic (exact) mass is 729 g/mol. The summed E-state index contributed by atoms with van der Waals surface area (Å²) in [7, 11) is 3.66. The molecule has 0 aliphatic carbocycles. The molecule has 264 valence electrons. The van der Waals surface area contributed by atoms with Crippen LogP contribution < -0.4 is 9.64 Å². The van der Waals surface area contributed by atoms with Crippen LogP contribution in [0.1, 0.15) is 68.3 Å². The van der Waals surface area contributed by atoms with Crippen molar-refractivity contribution in [3.8, 4) is 16.9 Å². The minimum Gasteiger partial charge on any atom is -0.494 e. The molecule has 1 aliphatic heterocycles. The number of nitrogens with zero attached hydrogens (tertiary/aromatic N) is 5. The van der Waals surface area contributed by atoms with Crippen LogP contribution in [0, 0.1) is 33.5 Å². The van der Waals surface area contributed by atoms with E-state index in [4.69, 9.17) is 27.9 Å². The number of amides is 1. The van der Waals surface area contributed by atoms with Crippen molar-refractivity contribution in [2.24, 2.45) is 14.1 Å². The number of anilines is 1. The zero-order valence-electron chi connectivity index (χ0n) is 29.5. The zero-order chi connectivity index (χ0) is 36.6. The predicted molar refractivity (Wildman–Crippen MR) is 200 cm³/mol. The van der Waals surface area contributed by atoms with Crippen LogP contribution in [0.2, 0.25) is 10.0 Å². The maximum atomic E-state index is 14.9. The van der Waals surface area contributed by atoms with Crippen molar-refractivity contribution in [1.29, 1.82) is 0 Å². The molecular weight excluding hydrogens is 692 g/mol. The standard InChI is InChI=1S/C39H38Cl2FN5O4/c1-19-13-25(14-20(2)35(19)41)51-12-8-9-26-27-10-11-29(40)34(33-22(4)43-45(7)23(33)5)36(27)47-21(3)18-46(38(48)37(26)47)32-16-24-15-28(39(49)50)30(42)17-31(24)44(32)6/h10-11,13-17,21H,8-9,12,18H2,1-7H3,(H,49,50). The van der Waals surface area contributed by atoms with Gasteiger partial charge in [0.05, 0.1) is 33.9 Å². The largest absolute Gasteiger partial charge is 0.494 e. The Morgan fingerprint density at radius 1 is 1.04 bits per heavy atom. The van der Waals surface area contributed by atoms with E-state index in [1.807, 2.05) is 63.7 Å². The number of aromatic carboxylic acids is 1. The lowest BCUT2D eigenvalue weighted by atomic mass is 9.98. The van der Waals surface area contributed by atoms with E-state index in [2.05, 4.69) is 16.6 Å². The topological polar surface area (TPSA) is 94.5 Å². The van der Waals surface area contributed by atoms with E-state index in [-0.39, 0.29) is 11.9 Å². The number of carbonyl (C=O) groups is 2. The minimum atomic E-state index is -1.35. The molecule has 3 aromatic heterocycles. The van der Waals surface area contributed by atoms with E-state index in [1.165, 1.54) is 12.1 Å². The lowest BCUT2D eigenvalue weighted by Gasteiger charge is -2.34. The third-order valence-corrected chi connectivity index (χ3v) is 11.1. The van der Waals surface area contributed by atoms with E-state index >= 15 is 0 Å². The van der Waals surface area contributed by atoms with E-state index in [1.54, 1.807) is 22.6 Å². The van der Waals surface area contributed by atoms with Crippen molar-refractivity contribution in [3.63, 3.8) is 0 Å². The molecule has 0 radical (unpaired) electrons. The zero-order valence-corrected chi connectivity index (χ0v) is 31.0. The number of hydrogen-bond donors (Lipinski definition) is 1. The Morgan fingerprint density at radius 2 is 1.75 bits per heavy atom. The summed E-state index contributed by atoms with van der Waals surface area (Å²) in [5.74, 6) is -1.12. The maximum Gasteiger partial charge on any atom is 0.338 e. The third kappa shape index (κ3) is 5.56. The second-order valence-electron chi connectivity index (χ2n) is 13.5. The number of halogens is 3. The number of ether oxygens (including phenoxy) is 1. The van der Waals surface area contributed by atoms with Gasteiger partial charge >= 0.3 is 5.97 Å². The summed E-state index contributed by atoms with van der Waals surface area (Å²) in [6.07, 6.45) is 1.17. The van der Waals surface area contributed by atoms with Crippen molar-refractivity contribution < 1.29 is 23.8 Å². The fraction of sp³-hybridized carbons (Fsp3) is 0.308. The Balaban J connectivity index is 1.37. The number of fused-ring (bicyclic) bond motifs is 4. The summed E-state index contributed by atoms with van der Waals surface area (Å²) < 4.78 is 26.7. The number of hydrogen-bond acceptors (Lipinski definition) is 4.